The summed E-state index contributed by atoms with van der Waals surface area (Å²) in [6.45, 7) is 4.88. The maximum Gasteiger partial charge on any atom is 0.315 e. The maximum atomic E-state index is 12.4. The molecule has 5 heteroatoms. The number of rotatable bonds is 9. The topological polar surface area (TPSA) is 53.6 Å². The third kappa shape index (κ3) is 6.50. The van der Waals surface area contributed by atoms with Gasteiger partial charge in [0, 0.05) is 12.6 Å². The zero-order chi connectivity index (χ0) is 20.5. The highest BCUT2D eigenvalue weighted by molar-refractivity contribution is 5.74. The number of aryl methyl sites for hydroxylation is 1. The van der Waals surface area contributed by atoms with E-state index in [-0.39, 0.29) is 18.1 Å². The molecule has 1 aliphatic rings. The Kier molecular flexibility index (Phi) is 7.94. The SMILES string of the molecule is COc1ccc(CCC(C)NC(=O)NCC(c2ccccc2)N2CCCC2)cc1. The van der Waals surface area contributed by atoms with Crippen molar-refractivity contribution < 1.29 is 9.53 Å². The molecule has 156 valence electrons. The minimum atomic E-state index is -0.0904. The quantitative estimate of drug-likeness (QED) is 0.671. The summed E-state index contributed by atoms with van der Waals surface area (Å²) in [7, 11) is 1.67. The van der Waals surface area contributed by atoms with Crippen LogP contribution in [0, 0.1) is 0 Å². The van der Waals surface area contributed by atoms with Crippen molar-refractivity contribution in [1.29, 1.82) is 0 Å². The van der Waals surface area contributed by atoms with Crippen LogP contribution >= 0.6 is 0 Å². The van der Waals surface area contributed by atoms with Crippen molar-refractivity contribution in [1.82, 2.24) is 15.5 Å². The number of amides is 2. The number of benzene rings is 2. The highest BCUT2D eigenvalue weighted by atomic mass is 16.5. The van der Waals surface area contributed by atoms with Crippen LogP contribution in [0.2, 0.25) is 0 Å². The number of ether oxygens (including phenoxy) is 1. The zero-order valence-electron chi connectivity index (χ0n) is 17.6. The summed E-state index contributed by atoms with van der Waals surface area (Å²) < 4.78 is 5.19. The summed E-state index contributed by atoms with van der Waals surface area (Å²) in [5, 5.41) is 6.17. The molecule has 1 aliphatic heterocycles. The molecule has 0 spiro atoms. The van der Waals surface area contributed by atoms with Gasteiger partial charge in [0.15, 0.2) is 0 Å². The Bertz CT molecular complexity index is 742. The number of nitrogens with zero attached hydrogens (tertiary/aromatic N) is 1. The Morgan fingerprint density at radius 1 is 1.07 bits per heavy atom. The number of nitrogens with one attached hydrogen (secondary N) is 2. The van der Waals surface area contributed by atoms with Crippen LogP contribution in [0.1, 0.15) is 43.4 Å². The Morgan fingerprint density at radius 3 is 2.41 bits per heavy atom. The number of hydrogen-bond acceptors (Lipinski definition) is 3. The molecule has 2 aromatic carbocycles. The van der Waals surface area contributed by atoms with Gasteiger partial charge in [-0.2, -0.15) is 0 Å². The lowest BCUT2D eigenvalue weighted by molar-refractivity contribution is 0.218. The van der Waals surface area contributed by atoms with Gasteiger partial charge in [0.1, 0.15) is 5.75 Å². The van der Waals surface area contributed by atoms with Crippen molar-refractivity contribution in [3.8, 4) is 5.75 Å². The van der Waals surface area contributed by atoms with E-state index < -0.39 is 0 Å². The largest absolute Gasteiger partial charge is 0.497 e. The maximum absolute atomic E-state index is 12.4. The molecule has 1 saturated heterocycles. The number of urea groups is 1. The second kappa shape index (κ2) is 10.9. The molecule has 29 heavy (non-hydrogen) atoms. The first kappa shape index (κ1) is 21.2. The van der Waals surface area contributed by atoms with Crippen LogP contribution < -0.4 is 15.4 Å². The van der Waals surface area contributed by atoms with Crippen LogP contribution in [0.4, 0.5) is 4.79 Å². The summed E-state index contributed by atoms with van der Waals surface area (Å²) >= 11 is 0. The predicted molar refractivity (Wildman–Crippen MR) is 117 cm³/mol. The van der Waals surface area contributed by atoms with E-state index in [1.165, 1.54) is 24.0 Å². The Morgan fingerprint density at radius 2 is 1.76 bits per heavy atom. The van der Waals surface area contributed by atoms with Gasteiger partial charge in [0.25, 0.3) is 0 Å². The molecule has 2 atom stereocenters. The molecule has 2 N–H and O–H groups in total. The fourth-order valence-corrected chi connectivity index (χ4v) is 3.90. The second-order valence-corrected chi connectivity index (χ2v) is 7.81. The molecule has 3 rings (SSSR count). The molecule has 0 aromatic heterocycles. The molecule has 2 unspecified atom stereocenters. The molecule has 2 amide bonds. The van der Waals surface area contributed by atoms with Crippen molar-refractivity contribution in [3.63, 3.8) is 0 Å². The summed E-state index contributed by atoms with van der Waals surface area (Å²) in [5.74, 6) is 0.866. The van der Waals surface area contributed by atoms with E-state index >= 15 is 0 Å². The molecule has 5 nitrogen and oxygen atoms in total. The van der Waals surface area contributed by atoms with Crippen LogP contribution in [0.15, 0.2) is 54.6 Å². The molecule has 1 heterocycles. The smallest absolute Gasteiger partial charge is 0.315 e. The van der Waals surface area contributed by atoms with E-state index in [9.17, 15) is 4.79 Å². The van der Waals surface area contributed by atoms with Gasteiger partial charge in [-0.3, -0.25) is 4.90 Å². The van der Waals surface area contributed by atoms with Gasteiger partial charge < -0.3 is 15.4 Å². The van der Waals surface area contributed by atoms with Gasteiger partial charge in [-0.25, -0.2) is 4.79 Å². The van der Waals surface area contributed by atoms with Crippen molar-refractivity contribution >= 4 is 6.03 Å². The highest BCUT2D eigenvalue weighted by Crippen LogP contribution is 2.24. The van der Waals surface area contributed by atoms with Crippen molar-refractivity contribution in [3.05, 3.63) is 65.7 Å². The first-order chi connectivity index (χ1) is 14.2. The van der Waals surface area contributed by atoms with E-state index in [0.29, 0.717) is 6.54 Å². The normalized spacial score (nSPS) is 16.2. The number of likely N-dealkylation sites (tertiary alicyclic amines) is 1. The standard InChI is InChI=1S/C24H33N3O2/c1-19(10-11-20-12-14-22(29-2)15-13-20)26-24(28)25-18-23(27-16-6-7-17-27)21-8-4-3-5-9-21/h3-5,8-9,12-15,19,23H,6-7,10-11,16-18H2,1-2H3,(H2,25,26,28). The molecule has 0 aliphatic carbocycles. The molecule has 1 fully saturated rings. The number of hydrogen-bond donors (Lipinski definition) is 2. The lowest BCUT2D eigenvalue weighted by atomic mass is 10.1. The van der Waals surface area contributed by atoms with Crippen molar-refractivity contribution in [2.45, 2.75) is 44.7 Å². The highest BCUT2D eigenvalue weighted by Gasteiger charge is 2.23. The van der Waals surface area contributed by atoms with Gasteiger partial charge in [-0.1, -0.05) is 42.5 Å². The van der Waals surface area contributed by atoms with E-state index in [1.54, 1.807) is 7.11 Å². The number of carbonyl (C=O) groups is 1. The van der Waals surface area contributed by atoms with Gasteiger partial charge in [-0.15, -0.1) is 0 Å². The Labute approximate surface area is 174 Å². The molecular weight excluding hydrogens is 362 g/mol. The Balaban J connectivity index is 1.45. The van der Waals surface area contributed by atoms with E-state index in [2.05, 4.69) is 58.9 Å². The second-order valence-electron chi connectivity index (χ2n) is 7.81. The molecule has 0 bridgehead atoms. The summed E-state index contributed by atoms with van der Waals surface area (Å²) in [6, 6.07) is 18.8. The predicted octanol–water partition coefficient (Wildman–Crippen LogP) is 4.15. The van der Waals surface area contributed by atoms with Crippen molar-refractivity contribution in [2.24, 2.45) is 0 Å². The number of carbonyl (C=O) groups excluding carboxylic acids is 1. The minimum Gasteiger partial charge on any atom is -0.497 e. The third-order valence-electron chi connectivity index (χ3n) is 5.62. The van der Waals surface area contributed by atoms with Crippen LogP contribution in [-0.4, -0.2) is 43.7 Å². The van der Waals surface area contributed by atoms with Gasteiger partial charge in [-0.05, 0) is 69.0 Å². The summed E-state index contributed by atoms with van der Waals surface area (Å²) in [5.41, 5.74) is 2.51. The molecular formula is C24H33N3O2. The van der Waals surface area contributed by atoms with Crippen molar-refractivity contribution in [2.75, 3.05) is 26.7 Å². The van der Waals surface area contributed by atoms with Gasteiger partial charge in [0.05, 0.1) is 13.2 Å². The number of methoxy groups -OCH3 is 1. The zero-order valence-corrected chi connectivity index (χ0v) is 17.6. The van der Waals surface area contributed by atoms with Crippen LogP contribution in [0.3, 0.4) is 0 Å². The average molecular weight is 396 g/mol. The van der Waals surface area contributed by atoms with E-state index in [1.807, 2.05) is 18.2 Å². The molecule has 0 radical (unpaired) electrons. The van der Waals surface area contributed by atoms with Crippen LogP contribution in [0.25, 0.3) is 0 Å². The summed E-state index contributed by atoms with van der Waals surface area (Å²) in [6.07, 6.45) is 4.29. The minimum absolute atomic E-state index is 0.0904. The lowest BCUT2D eigenvalue weighted by Crippen LogP contribution is -2.44. The molecule has 2 aromatic rings. The lowest BCUT2D eigenvalue weighted by Gasteiger charge is -2.28. The fraction of sp³-hybridized carbons (Fsp3) is 0.458. The Hall–Kier alpha value is -2.53. The molecule has 0 saturated carbocycles. The summed E-state index contributed by atoms with van der Waals surface area (Å²) in [4.78, 5) is 14.9. The first-order valence-electron chi connectivity index (χ1n) is 10.6. The first-order valence-corrected chi connectivity index (χ1v) is 10.6. The third-order valence-corrected chi connectivity index (χ3v) is 5.62. The monoisotopic (exact) mass is 395 g/mol. The van der Waals surface area contributed by atoms with E-state index in [0.717, 1.165) is 31.7 Å². The van der Waals surface area contributed by atoms with Gasteiger partial charge in [0.2, 0.25) is 0 Å². The fourth-order valence-electron chi connectivity index (χ4n) is 3.90. The van der Waals surface area contributed by atoms with E-state index in [4.69, 9.17) is 4.74 Å². The van der Waals surface area contributed by atoms with Gasteiger partial charge >= 0.3 is 6.03 Å². The average Bonchev–Trinajstić information content (AvgIpc) is 3.28. The van der Waals surface area contributed by atoms with Crippen LogP contribution in [0.5, 0.6) is 5.75 Å². The van der Waals surface area contributed by atoms with Crippen LogP contribution in [-0.2, 0) is 6.42 Å².